The molecule has 0 aliphatic rings. The number of fused-ring (bicyclic) bond motifs is 1. The molecule has 0 radical (unpaired) electrons. The van der Waals surface area contributed by atoms with Gasteiger partial charge in [0.15, 0.2) is 5.78 Å². The van der Waals surface area contributed by atoms with Crippen molar-refractivity contribution in [3.8, 4) is 5.75 Å². The lowest BCUT2D eigenvalue weighted by atomic mass is 10.0. The molecule has 0 amide bonds. The van der Waals surface area contributed by atoms with Crippen molar-refractivity contribution in [1.29, 1.82) is 0 Å². The fourth-order valence-corrected chi connectivity index (χ4v) is 3.18. The number of para-hydroxylation sites is 2. The molecule has 1 heterocycles. The highest BCUT2D eigenvalue weighted by Crippen LogP contribution is 2.25. The number of ether oxygens (including phenoxy) is 1. The fraction of sp³-hybridized carbons (Fsp3) is 0.0870. The Bertz CT molecular complexity index is 1090. The second-order valence-electron chi connectivity index (χ2n) is 6.22. The van der Waals surface area contributed by atoms with Gasteiger partial charge in [0, 0.05) is 22.7 Å². The molecule has 0 bridgehead atoms. The van der Waals surface area contributed by atoms with Gasteiger partial charge in [0.05, 0.1) is 12.1 Å². The number of aromatic nitrogens is 1. The van der Waals surface area contributed by atoms with E-state index in [0.717, 1.165) is 16.7 Å². The van der Waals surface area contributed by atoms with Crippen molar-refractivity contribution in [3.05, 3.63) is 102 Å². The summed E-state index contributed by atoms with van der Waals surface area (Å²) in [5.41, 5.74) is 1.50. The van der Waals surface area contributed by atoms with E-state index in [1.54, 1.807) is 18.3 Å². The maximum atomic E-state index is 14.1. The minimum Gasteiger partial charge on any atom is -0.492 e. The maximum Gasteiger partial charge on any atom is 0.198 e. The molecule has 134 valence electrons. The first-order chi connectivity index (χ1) is 13.2. The topological polar surface area (TPSA) is 31.2 Å². The Morgan fingerprint density at radius 1 is 0.852 bits per heavy atom. The van der Waals surface area contributed by atoms with Crippen molar-refractivity contribution in [1.82, 2.24) is 4.57 Å². The number of hydrogen-bond donors (Lipinski definition) is 0. The molecule has 0 aliphatic heterocycles. The minimum absolute atomic E-state index is 0.0842. The predicted molar refractivity (Wildman–Crippen MR) is 104 cm³/mol. The van der Waals surface area contributed by atoms with E-state index in [0.29, 0.717) is 18.7 Å². The Balaban J connectivity index is 1.63. The summed E-state index contributed by atoms with van der Waals surface area (Å²) in [6, 6.07) is 23.3. The van der Waals surface area contributed by atoms with Crippen molar-refractivity contribution >= 4 is 16.7 Å². The SMILES string of the molecule is O=C(c1ccccc1F)c1cn(CCOc2ccccc2)c2ccccc12. The number of rotatable bonds is 6. The molecule has 4 heteroatoms. The molecule has 0 N–H and O–H groups in total. The monoisotopic (exact) mass is 359 g/mol. The molecule has 3 nitrogen and oxygen atoms in total. The Morgan fingerprint density at radius 2 is 1.56 bits per heavy atom. The van der Waals surface area contributed by atoms with Gasteiger partial charge in [-0.2, -0.15) is 0 Å². The van der Waals surface area contributed by atoms with Gasteiger partial charge >= 0.3 is 0 Å². The first kappa shape index (κ1) is 17.0. The first-order valence-corrected chi connectivity index (χ1v) is 8.79. The van der Waals surface area contributed by atoms with Gasteiger partial charge in [-0.05, 0) is 30.3 Å². The quantitative estimate of drug-likeness (QED) is 0.449. The van der Waals surface area contributed by atoms with E-state index < -0.39 is 5.82 Å². The van der Waals surface area contributed by atoms with Crippen LogP contribution in [0.3, 0.4) is 0 Å². The van der Waals surface area contributed by atoms with E-state index in [1.165, 1.54) is 12.1 Å². The van der Waals surface area contributed by atoms with Crippen molar-refractivity contribution in [3.63, 3.8) is 0 Å². The smallest absolute Gasteiger partial charge is 0.198 e. The number of ketones is 1. The van der Waals surface area contributed by atoms with Crippen LogP contribution in [-0.2, 0) is 6.54 Å². The third kappa shape index (κ3) is 3.47. The Morgan fingerprint density at radius 3 is 2.37 bits per heavy atom. The Hall–Kier alpha value is -3.40. The van der Waals surface area contributed by atoms with Gasteiger partial charge in [-0.1, -0.05) is 48.5 Å². The number of carbonyl (C=O) groups is 1. The zero-order chi connectivity index (χ0) is 18.6. The predicted octanol–water partition coefficient (Wildman–Crippen LogP) is 5.09. The highest BCUT2D eigenvalue weighted by Gasteiger charge is 2.19. The molecule has 0 unspecified atom stereocenters. The summed E-state index contributed by atoms with van der Waals surface area (Å²) in [6.07, 6.45) is 1.79. The number of nitrogens with zero attached hydrogens (tertiary/aromatic N) is 1. The van der Waals surface area contributed by atoms with Crippen LogP contribution >= 0.6 is 0 Å². The summed E-state index contributed by atoms with van der Waals surface area (Å²) in [6.45, 7) is 1.05. The van der Waals surface area contributed by atoms with Crippen LogP contribution < -0.4 is 4.74 Å². The lowest BCUT2D eigenvalue weighted by Crippen LogP contribution is -2.07. The average Bonchev–Trinajstić information content (AvgIpc) is 3.08. The second kappa shape index (κ2) is 7.46. The van der Waals surface area contributed by atoms with Gasteiger partial charge in [-0.3, -0.25) is 4.79 Å². The van der Waals surface area contributed by atoms with Crippen LogP contribution in [-0.4, -0.2) is 17.0 Å². The summed E-state index contributed by atoms with van der Waals surface area (Å²) < 4.78 is 21.8. The maximum absolute atomic E-state index is 14.1. The molecular formula is C23H18FNO2. The van der Waals surface area contributed by atoms with E-state index in [9.17, 15) is 9.18 Å². The summed E-state index contributed by atoms with van der Waals surface area (Å²) >= 11 is 0. The van der Waals surface area contributed by atoms with Gasteiger partial charge in [0.1, 0.15) is 18.2 Å². The van der Waals surface area contributed by atoms with Crippen LogP contribution in [0.25, 0.3) is 10.9 Å². The number of carbonyl (C=O) groups excluding carboxylic acids is 1. The Labute approximate surface area is 156 Å². The molecule has 4 rings (SSSR count). The van der Waals surface area contributed by atoms with Crippen molar-refractivity contribution < 1.29 is 13.9 Å². The van der Waals surface area contributed by atoms with E-state index in [1.807, 2.05) is 59.2 Å². The summed E-state index contributed by atoms with van der Waals surface area (Å²) in [7, 11) is 0. The number of benzene rings is 3. The van der Waals surface area contributed by atoms with Crippen LogP contribution in [0.2, 0.25) is 0 Å². The fourth-order valence-electron chi connectivity index (χ4n) is 3.18. The minimum atomic E-state index is -0.508. The van der Waals surface area contributed by atoms with Crippen LogP contribution in [0.15, 0.2) is 85.1 Å². The zero-order valence-corrected chi connectivity index (χ0v) is 14.6. The average molecular weight is 359 g/mol. The summed E-state index contributed by atoms with van der Waals surface area (Å²) in [4.78, 5) is 12.9. The molecule has 0 saturated carbocycles. The third-order valence-electron chi connectivity index (χ3n) is 4.50. The molecule has 0 saturated heterocycles. The van der Waals surface area contributed by atoms with Crippen LogP contribution in [0, 0.1) is 5.82 Å². The molecule has 3 aromatic carbocycles. The van der Waals surface area contributed by atoms with Crippen LogP contribution in [0.1, 0.15) is 15.9 Å². The lowest BCUT2D eigenvalue weighted by Gasteiger charge is -2.08. The zero-order valence-electron chi connectivity index (χ0n) is 14.6. The van der Waals surface area contributed by atoms with Gasteiger partial charge in [-0.25, -0.2) is 4.39 Å². The van der Waals surface area contributed by atoms with Crippen molar-refractivity contribution in [2.45, 2.75) is 6.54 Å². The van der Waals surface area contributed by atoms with Gasteiger partial charge in [-0.15, -0.1) is 0 Å². The third-order valence-corrected chi connectivity index (χ3v) is 4.50. The molecule has 27 heavy (non-hydrogen) atoms. The molecule has 0 atom stereocenters. The van der Waals surface area contributed by atoms with E-state index >= 15 is 0 Å². The highest BCUT2D eigenvalue weighted by molar-refractivity contribution is 6.16. The van der Waals surface area contributed by atoms with Gasteiger partial charge in [0.25, 0.3) is 0 Å². The van der Waals surface area contributed by atoms with Crippen LogP contribution in [0.4, 0.5) is 4.39 Å². The van der Waals surface area contributed by atoms with E-state index in [2.05, 4.69) is 0 Å². The number of halogens is 1. The van der Waals surface area contributed by atoms with Crippen molar-refractivity contribution in [2.24, 2.45) is 0 Å². The largest absolute Gasteiger partial charge is 0.492 e. The van der Waals surface area contributed by atoms with Crippen molar-refractivity contribution in [2.75, 3.05) is 6.61 Å². The summed E-state index contributed by atoms with van der Waals surface area (Å²) in [5, 5.41) is 0.811. The van der Waals surface area contributed by atoms with Gasteiger partial charge in [0.2, 0.25) is 0 Å². The second-order valence-corrected chi connectivity index (χ2v) is 6.22. The Kier molecular flexibility index (Phi) is 4.71. The molecule has 4 aromatic rings. The first-order valence-electron chi connectivity index (χ1n) is 8.79. The molecule has 0 spiro atoms. The summed E-state index contributed by atoms with van der Waals surface area (Å²) in [5.74, 6) is -0.0182. The standard InChI is InChI=1S/C23H18FNO2/c24-21-12-6-4-11-19(21)23(26)20-16-25(22-13-7-5-10-18(20)22)14-15-27-17-8-2-1-3-9-17/h1-13,16H,14-15H2. The normalized spacial score (nSPS) is 10.9. The van der Waals surface area contributed by atoms with E-state index in [-0.39, 0.29) is 11.3 Å². The highest BCUT2D eigenvalue weighted by atomic mass is 19.1. The lowest BCUT2D eigenvalue weighted by molar-refractivity contribution is 0.103. The molecule has 0 aliphatic carbocycles. The molecule has 0 fully saturated rings. The number of hydrogen-bond acceptors (Lipinski definition) is 2. The van der Waals surface area contributed by atoms with E-state index in [4.69, 9.17) is 4.74 Å². The van der Waals surface area contributed by atoms with Crippen LogP contribution in [0.5, 0.6) is 5.75 Å². The molecular weight excluding hydrogens is 341 g/mol. The van der Waals surface area contributed by atoms with Gasteiger partial charge < -0.3 is 9.30 Å². The molecule has 1 aromatic heterocycles.